The van der Waals surface area contributed by atoms with Crippen molar-refractivity contribution in [3.63, 3.8) is 0 Å². The molecule has 1 aromatic heterocycles. The molecule has 0 saturated heterocycles. The number of hydrogen-bond acceptors (Lipinski definition) is 3. The topological polar surface area (TPSA) is 66.1 Å². The third-order valence-corrected chi connectivity index (χ3v) is 7.94. The van der Waals surface area contributed by atoms with Crippen molar-refractivity contribution >= 4 is 39.8 Å². The van der Waals surface area contributed by atoms with E-state index in [0.717, 1.165) is 55.2 Å². The second-order valence-corrected chi connectivity index (χ2v) is 10.7. The summed E-state index contributed by atoms with van der Waals surface area (Å²) in [6.07, 6.45) is 0.617. The number of rotatable bonds is 5. The molecule has 0 fully saturated rings. The van der Waals surface area contributed by atoms with Crippen LogP contribution in [0.25, 0.3) is 38.6 Å². The van der Waals surface area contributed by atoms with Crippen molar-refractivity contribution in [2.75, 3.05) is 4.90 Å². The summed E-state index contributed by atoms with van der Waals surface area (Å²) in [6, 6.07) is 33.9. The van der Waals surface area contributed by atoms with Gasteiger partial charge < -0.3 is 4.57 Å². The molecule has 1 heterocycles. The first-order valence-electron chi connectivity index (χ1n) is 14.8. The highest BCUT2D eigenvalue weighted by Gasteiger charge is 2.27. The zero-order valence-corrected chi connectivity index (χ0v) is 26.0. The summed E-state index contributed by atoms with van der Waals surface area (Å²) in [6.45, 7) is 11.7. The molecule has 0 aliphatic carbocycles. The van der Waals surface area contributed by atoms with Gasteiger partial charge in [-0.05, 0) is 79.8 Å². The van der Waals surface area contributed by atoms with E-state index in [4.69, 9.17) is 0 Å². The second kappa shape index (κ2) is 12.4. The normalized spacial score (nSPS) is 10.7. The van der Waals surface area contributed by atoms with E-state index in [1.807, 2.05) is 120 Å². The molecule has 0 aliphatic heterocycles. The first-order chi connectivity index (χ1) is 21.3. The zero-order valence-electron chi connectivity index (χ0n) is 26.0. The predicted octanol–water partition coefficient (Wildman–Crippen LogP) is 9.39. The molecule has 0 spiro atoms. The third-order valence-electron chi connectivity index (χ3n) is 7.94. The molecule has 5 nitrogen and oxygen atoms in total. The van der Waals surface area contributed by atoms with Gasteiger partial charge in [-0.1, -0.05) is 92.2 Å². The Balaban J connectivity index is 0.00000188. The number of hydrogen-bond donors (Lipinski definition) is 0. The van der Waals surface area contributed by atoms with Crippen LogP contribution in [0.15, 0.2) is 97.1 Å². The average molecular weight is 578 g/mol. The first-order valence-corrected chi connectivity index (χ1v) is 14.8. The number of carbonyl (C=O) groups is 2. The molecule has 0 unspecified atom stereocenters. The molecule has 6 aromatic rings. The number of nitrogens with zero attached hydrogens (tertiary/aromatic N) is 3. The Morgan fingerprint density at radius 2 is 1.41 bits per heavy atom. The third kappa shape index (κ3) is 5.05. The summed E-state index contributed by atoms with van der Waals surface area (Å²) in [7, 11) is 0. The number of benzene rings is 5. The summed E-state index contributed by atoms with van der Waals surface area (Å²) in [5, 5.41) is 11.8. The maximum Gasteiger partial charge on any atom is 0.267 e. The number of amides is 2. The molecule has 2 amide bonds. The molecular weight excluding hydrogens is 542 g/mol. The van der Waals surface area contributed by atoms with Crippen LogP contribution in [0.4, 0.5) is 5.69 Å². The van der Waals surface area contributed by atoms with Gasteiger partial charge >= 0.3 is 0 Å². The smallest absolute Gasteiger partial charge is 0.267 e. The Bertz CT molecular complexity index is 2070. The molecule has 218 valence electrons. The van der Waals surface area contributed by atoms with E-state index in [9.17, 15) is 14.9 Å². The Hall–Kier alpha value is -5.47. The van der Waals surface area contributed by atoms with Crippen LogP contribution in [0.1, 0.15) is 52.0 Å². The molecule has 0 atom stereocenters. The van der Waals surface area contributed by atoms with Crippen molar-refractivity contribution in [3.05, 3.63) is 130 Å². The van der Waals surface area contributed by atoms with E-state index in [1.54, 1.807) is 0 Å². The Kier molecular flexibility index (Phi) is 8.46. The summed E-state index contributed by atoms with van der Waals surface area (Å²) >= 11 is 0. The number of nitriles is 1. The molecule has 0 bridgehead atoms. The molecule has 0 N–H and O–H groups in total. The van der Waals surface area contributed by atoms with Gasteiger partial charge in [-0.15, -0.1) is 0 Å². The lowest BCUT2D eigenvalue weighted by Gasteiger charge is -2.24. The molecule has 5 aromatic carbocycles. The summed E-state index contributed by atoms with van der Waals surface area (Å²) in [5.41, 5.74) is 9.50. The first kappa shape index (κ1) is 30.0. The molecule has 0 aliphatic rings. The van der Waals surface area contributed by atoms with Crippen LogP contribution in [0.5, 0.6) is 0 Å². The number of anilines is 1. The summed E-state index contributed by atoms with van der Waals surface area (Å²) in [5.74, 6) is -0.384. The SMILES string of the molecule is CC.Cc1cc(C)c(N(C=O)C(=O)c2c(C)cccc2-n2c3ccccc3c3ccc(-c4ccccc4C#N)cc32)c(C)c1. The van der Waals surface area contributed by atoms with Crippen molar-refractivity contribution < 1.29 is 9.59 Å². The largest absolute Gasteiger partial charge is 0.308 e. The second-order valence-electron chi connectivity index (χ2n) is 10.7. The molecule has 5 heteroatoms. The Morgan fingerprint density at radius 1 is 0.750 bits per heavy atom. The van der Waals surface area contributed by atoms with Gasteiger partial charge in [0.15, 0.2) is 0 Å². The van der Waals surface area contributed by atoms with Gasteiger partial charge in [-0.2, -0.15) is 5.26 Å². The van der Waals surface area contributed by atoms with E-state index in [-0.39, 0.29) is 5.91 Å². The molecular formula is C39H35N3O2. The van der Waals surface area contributed by atoms with Crippen molar-refractivity contribution in [3.8, 4) is 22.9 Å². The number of carbonyl (C=O) groups excluding carboxylic acids is 2. The van der Waals surface area contributed by atoms with Crippen molar-refractivity contribution in [2.45, 2.75) is 41.5 Å². The maximum atomic E-state index is 14.4. The van der Waals surface area contributed by atoms with Gasteiger partial charge in [0.05, 0.1) is 39.6 Å². The minimum atomic E-state index is -0.384. The lowest BCUT2D eigenvalue weighted by molar-refractivity contribution is -0.106. The van der Waals surface area contributed by atoms with Crippen LogP contribution in [0.3, 0.4) is 0 Å². The molecule has 6 rings (SSSR count). The monoisotopic (exact) mass is 577 g/mol. The van der Waals surface area contributed by atoms with Gasteiger partial charge in [0.2, 0.25) is 6.41 Å². The minimum absolute atomic E-state index is 0.384. The lowest BCUT2D eigenvalue weighted by Crippen LogP contribution is -2.32. The van der Waals surface area contributed by atoms with Crippen LogP contribution in [0, 0.1) is 39.0 Å². The highest BCUT2D eigenvalue weighted by Crippen LogP contribution is 2.37. The van der Waals surface area contributed by atoms with Crippen LogP contribution in [0.2, 0.25) is 0 Å². The van der Waals surface area contributed by atoms with Crippen molar-refractivity contribution in [2.24, 2.45) is 0 Å². The predicted molar refractivity (Wildman–Crippen MR) is 181 cm³/mol. The highest BCUT2D eigenvalue weighted by atomic mass is 16.2. The van der Waals surface area contributed by atoms with Crippen LogP contribution in [-0.4, -0.2) is 16.9 Å². The average Bonchev–Trinajstić information content (AvgIpc) is 3.36. The number of imide groups is 1. The van der Waals surface area contributed by atoms with Crippen molar-refractivity contribution in [1.82, 2.24) is 4.57 Å². The number of fused-ring (bicyclic) bond motifs is 3. The van der Waals surface area contributed by atoms with Crippen LogP contribution >= 0.6 is 0 Å². The van der Waals surface area contributed by atoms with Gasteiger partial charge in [-0.3, -0.25) is 9.59 Å². The fourth-order valence-corrected chi connectivity index (χ4v) is 6.22. The quantitative estimate of drug-likeness (QED) is 0.192. The lowest BCUT2D eigenvalue weighted by atomic mass is 9.99. The standard InChI is InChI=1S/C37H29N3O2.C2H6/c1-23-18-25(3)36(26(4)19-23)39(22-41)37(42)35-24(2)10-9-15-33(35)40-32-14-8-7-13-30(32)31-17-16-27(20-34(31)40)29-12-6-5-11-28(29)21-38;1-2/h5-20,22H,1-4H3;1-2H3. The Morgan fingerprint density at radius 3 is 2.11 bits per heavy atom. The maximum absolute atomic E-state index is 14.4. The summed E-state index contributed by atoms with van der Waals surface area (Å²) < 4.78 is 2.10. The fourth-order valence-electron chi connectivity index (χ4n) is 6.22. The van der Waals surface area contributed by atoms with Crippen LogP contribution < -0.4 is 4.90 Å². The van der Waals surface area contributed by atoms with E-state index < -0.39 is 0 Å². The van der Waals surface area contributed by atoms with Crippen LogP contribution in [-0.2, 0) is 4.79 Å². The molecule has 0 saturated carbocycles. The fraction of sp³-hybridized carbons (Fsp3) is 0.154. The summed E-state index contributed by atoms with van der Waals surface area (Å²) in [4.78, 5) is 28.2. The number of aryl methyl sites for hydroxylation is 4. The van der Waals surface area contributed by atoms with Crippen molar-refractivity contribution in [1.29, 1.82) is 5.26 Å². The zero-order chi connectivity index (χ0) is 31.5. The van der Waals surface area contributed by atoms with Gasteiger partial charge in [0.1, 0.15) is 0 Å². The van der Waals surface area contributed by atoms with Gasteiger partial charge in [0.25, 0.3) is 5.91 Å². The van der Waals surface area contributed by atoms with E-state index in [2.05, 4.69) is 28.8 Å². The van der Waals surface area contributed by atoms with E-state index >= 15 is 0 Å². The molecule has 0 radical (unpaired) electrons. The molecule has 44 heavy (non-hydrogen) atoms. The van der Waals surface area contributed by atoms with E-state index in [1.165, 1.54) is 4.90 Å². The number of aromatic nitrogens is 1. The van der Waals surface area contributed by atoms with E-state index in [0.29, 0.717) is 28.9 Å². The van der Waals surface area contributed by atoms with Gasteiger partial charge in [0, 0.05) is 10.8 Å². The Labute approximate surface area is 258 Å². The number of para-hydroxylation sites is 1. The van der Waals surface area contributed by atoms with Gasteiger partial charge in [-0.25, -0.2) is 4.90 Å². The highest BCUT2D eigenvalue weighted by molar-refractivity contribution is 6.19. The minimum Gasteiger partial charge on any atom is -0.308 e.